The molecule has 116 valence electrons. The van der Waals surface area contributed by atoms with Gasteiger partial charge in [0.15, 0.2) is 0 Å². The SMILES string of the molecule is CC(=NO)C1(N)CC=CC(Cl)=C1C(C(N)=O)c1ccccc1. The Morgan fingerprint density at radius 2 is 2.05 bits per heavy atom. The highest BCUT2D eigenvalue weighted by Crippen LogP contribution is 2.40. The zero-order valence-corrected chi connectivity index (χ0v) is 12.9. The zero-order chi connectivity index (χ0) is 16.3. The van der Waals surface area contributed by atoms with Crippen LogP contribution >= 0.6 is 11.6 Å². The van der Waals surface area contributed by atoms with Crippen LogP contribution in [0, 0.1) is 0 Å². The van der Waals surface area contributed by atoms with Gasteiger partial charge in [0, 0.05) is 5.03 Å². The van der Waals surface area contributed by atoms with Gasteiger partial charge in [0.1, 0.15) is 0 Å². The second kappa shape index (κ2) is 6.34. The van der Waals surface area contributed by atoms with E-state index in [0.29, 0.717) is 22.6 Å². The van der Waals surface area contributed by atoms with Gasteiger partial charge in [-0.25, -0.2) is 0 Å². The monoisotopic (exact) mass is 319 g/mol. The number of hydrogen-bond acceptors (Lipinski definition) is 4. The molecule has 1 aliphatic rings. The largest absolute Gasteiger partial charge is 0.411 e. The van der Waals surface area contributed by atoms with E-state index in [1.54, 1.807) is 31.2 Å². The van der Waals surface area contributed by atoms with Crippen molar-refractivity contribution in [2.45, 2.75) is 24.8 Å². The molecule has 2 atom stereocenters. The van der Waals surface area contributed by atoms with Crippen molar-refractivity contribution < 1.29 is 10.0 Å². The first-order chi connectivity index (χ1) is 10.4. The summed E-state index contributed by atoms with van der Waals surface area (Å²) in [4.78, 5) is 12.1. The zero-order valence-electron chi connectivity index (χ0n) is 12.2. The minimum atomic E-state index is -1.16. The Kier molecular flexibility index (Phi) is 4.68. The van der Waals surface area contributed by atoms with Crippen LogP contribution in [0.2, 0.25) is 0 Å². The molecule has 2 unspecified atom stereocenters. The molecule has 0 aliphatic heterocycles. The molecule has 1 aliphatic carbocycles. The fraction of sp³-hybridized carbons (Fsp3) is 0.250. The molecular formula is C16H18ClN3O2. The number of nitrogens with zero attached hydrogens (tertiary/aromatic N) is 1. The predicted octanol–water partition coefficient (Wildman–Crippen LogP) is 2.26. The molecule has 0 bridgehead atoms. The molecule has 0 fully saturated rings. The summed E-state index contributed by atoms with van der Waals surface area (Å²) in [5.74, 6) is -1.35. The van der Waals surface area contributed by atoms with Gasteiger partial charge >= 0.3 is 0 Å². The summed E-state index contributed by atoms with van der Waals surface area (Å²) in [5, 5.41) is 12.7. The Hall–Kier alpha value is -2.11. The van der Waals surface area contributed by atoms with Crippen LogP contribution in [0.25, 0.3) is 0 Å². The van der Waals surface area contributed by atoms with Crippen molar-refractivity contribution in [1.29, 1.82) is 0 Å². The van der Waals surface area contributed by atoms with Crippen molar-refractivity contribution in [3.63, 3.8) is 0 Å². The summed E-state index contributed by atoms with van der Waals surface area (Å²) >= 11 is 6.33. The van der Waals surface area contributed by atoms with E-state index in [0.717, 1.165) is 0 Å². The second-order valence-corrected chi connectivity index (χ2v) is 5.68. The minimum Gasteiger partial charge on any atom is -0.411 e. The average Bonchev–Trinajstić information content (AvgIpc) is 2.50. The quantitative estimate of drug-likeness (QED) is 0.450. The number of carbonyl (C=O) groups excluding carboxylic acids is 1. The van der Waals surface area contributed by atoms with Gasteiger partial charge in [-0.05, 0) is 30.6 Å². The summed E-state index contributed by atoms with van der Waals surface area (Å²) in [6.07, 6.45) is 3.83. The van der Waals surface area contributed by atoms with Crippen LogP contribution in [0.1, 0.15) is 24.8 Å². The number of benzene rings is 1. The lowest BCUT2D eigenvalue weighted by Crippen LogP contribution is -2.52. The third kappa shape index (κ3) is 2.77. The van der Waals surface area contributed by atoms with Crippen LogP contribution in [0.3, 0.4) is 0 Å². The van der Waals surface area contributed by atoms with E-state index in [2.05, 4.69) is 5.16 Å². The lowest BCUT2D eigenvalue weighted by molar-refractivity contribution is -0.118. The minimum absolute atomic E-state index is 0.271. The maximum atomic E-state index is 12.1. The number of nitrogens with two attached hydrogens (primary N) is 2. The highest BCUT2D eigenvalue weighted by Gasteiger charge is 2.42. The lowest BCUT2D eigenvalue weighted by atomic mass is 9.72. The molecule has 6 heteroatoms. The maximum absolute atomic E-state index is 12.1. The van der Waals surface area contributed by atoms with E-state index in [1.165, 1.54) is 0 Å². The van der Waals surface area contributed by atoms with Gasteiger partial charge < -0.3 is 16.7 Å². The van der Waals surface area contributed by atoms with Crippen molar-refractivity contribution in [2.75, 3.05) is 0 Å². The Balaban J connectivity index is 2.66. The van der Waals surface area contributed by atoms with Crippen LogP contribution in [-0.2, 0) is 4.79 Å². The molecule has 0 spiro atoms. The number of allylic oxidation sites excluding steroid dienone is 2. The normalized spacial score (nSPS) is 23.5. The number of carbonyl (C=O) groups is 1. The molecule has 0 heterocycles. The third-order valence-electron chi connectivity index (χ3n) is 3.94. The molecule has 1 aromatic rings. The van der Waals surface area contributed by atoms with Crippen LogP contribution in [0.5, 0.6) is 0 Å². The van der Waals surface area contributed by atoms with E-state index in [9.17, 15) is 4.79 Å². The molecular weight excluding hydrogens is 302 g/mol. The van der Waals surface area contributed by atoms with Crippen molar-refractivity contribution in [3.05, 3.63) is 58.7 Å². The van der Waals surface area contributed by atoms with Gasteiger partial charge in [-0.3, -0.25) is 4.79 Å². The number of amides is 1. The highest BCUT2D eigenvalue weighted by atomic mass is 35.5. The van der Waals surface area contributed by atoms with Crippen LogP contribution in [-0.4, -0.2) is 22.4 Å². The highest BCUT2D eigenvalue weighted by molar-refractivity contribution is 6.32. The molecule has 2 rings (SSSR count). The van der Waals surface area contributed by atoms with E-state index < -0.39 is 17.4 Å². The molecule has 0 saturated heterocycles. The molecule has 1 aromatic carbocycles. The molecule has 0 aromatic heterocycles. The standard InChI is InChI=1S/C16H18ClN3O2/c1-10(20-22)16(19)9-5-8-12(17)14(16)13(15(18)21)11-6-3-2-4-7-11/h2-8,13,22H,9,19H2,1H3,(H2,18,21). The Morgan fingerprint density at radius 1 is 1.41 bits per heavy atom. The van der Waals surface area contributed by atoms with Crippen molar-refractivity contribution in [2.24, 2.45) is 16.6 Å². The summed E-state index contributed by atoms with van der Waals surface area (Å²) in [6, 6.07) is 9.04. The lowest BCUT2D eigenvalue weighted by Gasteiger charge is -2.37. The topological polar surface area (TPSA) is 102 Å². The second-order valence-electron chi connectivity index (χ2n) is 5.27. The molecule has 0 radical (unpaired) electrons. The summed E-state index contributed by atoms with van der Waals surface area (Å²) in [7, 11) is 0. The summed E-state index contributed by atoms with van der Waals surface area (Å²) in [5.41, 5.74) is 12.3. The Bertz CT molecular complexity index is 667. The van der Waals surface area contributed by atoms with Crippen molar-refractivity contribution in [1.82, 2.24) is 0 Å². The van der Waals surface area contributed by atoms with E-state index >= 15 is 0 Å². The smallest absolute Gasteiger partial charge is 0.229 e. The fourth-order valence-electron chi connectivity index (χ4n) is 2.71. The number of oxime groups is 1. The summed E-state index contributed by atoms with van der Waals surface area (Å²) < 4.78 is 0. The molecule has 22 heavy (non-hydrogen) atoms. The van der Waals surface area contributed by atoms with Gasteiger partial charge in [-0.15, -0.1) is 0 Å². The number of primary amides is 1. The van der Waals surface area contributed by atoms with E-state index in [-0.39, 0.29) is 5.71 Å². The van der Waals surface area contributed by atoms with E-state index in [4.69, 9.17) is 28.3 Å². The third-order valence-corrected chi connectivity index (χ3v) is 4.27. The van der Waals surface area contributed by atoms with Gasteiger partial charge in [0.25, 0.3) is 0 Å². The van der Waals surface area contributed by atoms with Gasteiger partial charge in [0.05, 0.1) is 17.2 Å². The van der Waals surface area contributed by atoms with E-state index in [1.807, 2.05) is 18.2 Å². The first kappa shape index (κ1) is 16.3. The van der Waals surface area contributed by atoms with Crippen molar-refractivity contribution >= 4 is 23.2 Å². The van der Waals surface area contributed by atoms with Crippen LogP contribution < -0.4 is 11.5 Å². The number of hydrogen-bond donors (Lipinski definition) is 3. The predicted molar refractivity (Wildman–Crippen MR) is 86.8 cm³/mol. The van der Waals surface area contributed by atoms with Crippen LogP contribution in [0.4, 0.5) is 0 Å². The number of rotatable bonds is 4. The average molecular weight is 320 g/mol. The fourth-order valence-corrected chi connectivity index (χ4v) is 3.07. The van der Waals surface area contributed by atoms with Crippen LogP contribution in [0.15, 0.2) is 58.2 Å². The number of halogens is 1. The van der Waals surface area contributed by atoms with Gasteiger partial charge in [0.2, 0.25) is 5.91 Å². The first-order valence-electron chi connectivity index (χ1n) is 6.80. The van der Waals surface area contributed by atoms with Gasteiger partial charge in [-0.2, -0.15) is 0 Å². The first-order valence-corrected chi connectivity index (χ1v) is 7.18. The molecule has 1 amide bonds. The van der Waals surface area contributed by atoms with Gasteiger partial charge in [-0.1, -0.05) is 53.2 Å². The molecule has 5 nitrogen and oxygen atoms in total. The molecule has 0 saturated carbocycles. The van der Waals surface area contributed by atoms with Crippen molar-refractivity contribution in [3.8, 4) is 0 Å². The maximum Gasteiger partial charge on any atom is 0.229 e. The summed E-state index contributed by atoms with van der Waals surface area (Å²) in [6.45, 7) is 1.59. The Morgan fingerprint density at radius 3 is 2.59 bits per heavy atom. The molecule has 5 N–H and O–H groups in total. The Labute approximate surface area is 133 Å².